The van der Waals surface area contributed by atoms with Crippen LogP contribution >= 0.6 is 0 Å². The van der Waals surface area contributed by atoms with Gasteiger partial charge in [-0.2, -0.15) is 26.3 Å². The Morgan fingerprint density at radius 1 is 0.661 bits per heavy atom. The minimum Gasteiger partial charge on any atom is -0.385 e. The number of likely N-dealkylation sites (N-methyl/N-ethyl adjacent to an activating group) is 7. The number of carbonyl (C=O) groups excluding carboxylic acids is 12. The van der Waals surface area contributed by atoms with Crippen molar-refractivity contribution in [3.8, 4) is 0 Å². The van der Waals surface area contributed by atoms with E-state index in [0.29, 0.717) is 32.1 Å². The molecule has 1 spiro atoms. The Morgan fingerprint density at radius 2 is 1.29 bits per heavy atom. The Morgan fingerprint density at radius 3 is 1.88 bits per heavy atom. The van der Waals surface area contributed by atoms with E-state index in [4.69, 9.17) is 9.47 Å². The number of ether oxygens (including phenoxy) is 2. The quantitative estimate of drug-likeness (QED) is 0.127. The number of rotatable bonds is 14. The van der Waals surface area contributed by atoms with Gasteiger partial charge in [-0.3, -0.25) is 57.5 Å². The van der Waals surface area contributed by atoms with Crippen molar-refractivity contribution in [2.45, 2.75) is 255 Å². The molecule has 4 saturated carbocycles. The second-order valence-electron chi connectivity index (χ2n) is 33.3. The molecule has 7 aliphatic rings. The molecule has 7 rings (SSSR count). The predicted octanol–water partition coefficient (Wildman–Crippen LogP) is 6.33. The number of carbonyl (C=O) groups is 12. The molecule has 4 aliphatic carbocycles. The van der Waals surface area contributed by atoms with E-state index in [1.54, 1.807) is 32.9 Å². The fourth-order valence-electron chi connectivity index (χ4n) is 18.0. The molecule has 3 heterocycles. The molecule has 32 heteroatoms. The minimum atomic E-state index is -4.56. The van der Waals surface area contributed by atoms with Gasteiger partial charge in [0.1, 0.15) is 53.9 Å². The summed E-state index contributed by atoms with van der Waals surface area (Å²) >= 11 is 0. The number of alkyl halides is 6. The first kappa shape index (κ1) is 89.1. The summed E-state index contributed by atoms with van der Waals surface area (Å²) in [6, 6.07) is -10.9. The zero-order valence-electron chi connectivity index (χ0n) is 66.7. The van der Waals surface area contributed by atoms with E-state index in [1.807, 2.05) is 20.8 Å². The van der Waals surface area contributed by atoms with E-state index in [9.17, 15) is 55.1 Å². The van der Waals surface area contributed by atoms with Crippen molar-refractivity contribution in [2.75, 3.05) is 103 Å². The molecular weight excluding hydrogens is 1430 g/mol. The topological polar surface area (TPSA) is 289 Å². The molecule has 3 aliphatic heterocycles. The van der Waals surface area contributed by atoms with Crippen LogP contribution in [0.4, 0.5) is 26.3 Å². The van der Waals surface area contributed by atoms with Gasteiger partial charge in [0, 0.05) is 96.2 Å². The number of nitrogens with zero attached hydrogens (tertiary/aromatic N) is 9. The lowest BCUT2D eigenvalue weighted by atomic mass is 9.58. The van der Waals surface area contributed by atoms with Gasteiger partial charge in [0.15, 0.2) is 0 Å². The zero-order chi connectivity index (χ0) is 81.1. The van der Waals surface area contributed by atoms with Crippen molar-refractivity contribution in [1.82, 2.24) is 60.0 Å². The van der Waals surface area contributed by atoms with Crippen molar-refractivity contribution >= 4 is 70.9 Å². The molecule has 0 aromatic carbocycles. The van der Waals surface area contributed by atoms with Gasteiger partial charge in [-0.05, 0) is 151 Å². The van der Waals surface area contributed by atoms with Crippen LogP contribution in [0.2, 0.25) is 0 Å². The Balaban J connectivity index is 1.33. The van der Waals surface area contributed by atoms with Crippen LogP contribution < -0.4 is 16.0 Å². The maximum Gasteiger partial charge on any atom is 0.394 e. The number of hydrogen-bond donors (Lipinski definition) is 3. The average Bonchev–Trinajstić information content (AvgIpc) is 1.41. The van der Waals surface area contributed by atoms with Crippen LogP contribution in [-0.2, 0) is 67.0 Å². The Hall–Kier alpha value is -7.12. The lowest BCUT2D eigenvalue weighted by molar-refractivity contribution is -0.215. The summed E-state index contributed by atoms with van der Waals surface area (Å²) < 4.78 is 96.2. The van der Waals surface area contributed by atoms with Crippen molar-refractivity contribution in [1.29, 1.82) is 0 Å². The standard InChI is InChI=1S/C77H122F6N12O14/c1-16-47(4)63-71(105)89(9)43-62(98)91(11)55-25-19-18-22-35-94(70(55)104)58(38-48-26-30-51(31-27-48)76(78,79)80)69(103)88(8)42-60(96)84-53(33-29-49-28-32-52(77(81,82)83)59(39-49)109-15)67(101)95-41-46(3)37-56(95)66(100)86-75(44-74(5,6)45-75)73(107)93(13)64(50-23-20-21-24-50)72(106)92(12)57(68(102)87(7)17-2)40-61(97)90(10)54(34-36-108-14)65(99)85-63/h18-19,46-59,63-64H,16-17,20-45H2,1-15H3,(H,84,96)(H,85,99)(H,86,100)/b19-18-/t46-,47-,48?,49?,51?,52?,53-,54-,55-,56-,57-,58-,59?,63-,64-/m0/s1. The van der Waals surface area contributed by atoms with Gasteiger partial charge < -0.3 is 69.5 Å². The molecule has 2 bridgehead atoms. The van der Waals surface area contributed by atoms with Crippen molar-refractivity contribution in [3.63, 3.8) is 0 Å². The maximum absolute atomic E-state index is 15.8. The number of halogens is 6. The Bertz CT molecular complexity index is 3270. The molecule has 616 valence electrons. The highest BCUT2D eigenvalue weighted by Crippen LogP contribution is 2.50. The molecule has 13 atom stereocenters. The number of hydrogen-bond acceptors (Lipinski definition) is 14. The normalized spacial score (nSPS) is 31.6. The highest BCUT2D eigenvalue weighted by atomic mass is 19.4. The minimum absolute atomic E-state index is 0.0195. The summed E-state index contributed by atoms with van der Waals surface area (Å²) in [5, 5.41) is 8.70. The monoisotopic (exact) mass is 1550 g/mol. The molecule has 0 aromatic rings. The van der Waals surface area contributed by atoms with Gasteiger partial charge in [0.05, 0.1) is 37.5 Å². The number of methoxy groups -OCH3 is 2. The average molecular weight is 1550 g/mol. The van der Waals surface area contributed by atoms with Crippen LogP contribution in [0.5, 0.6) is 0 Å². The molecule has 26 nitrogen and oxygen atoms in total. The molecule has 2 saturated heterocycles. The first-order chi connectivity index (χ1) is 51.0. The largest absolute Gasteiger partial charge is 0.394 e. The summed E-state index contributed by atoms with van der Waals surface area (Å²) in [6.45, 7) is 9.39. The van der Waals surface area contributed by atoms with Gasteiger partial charge in [0.25, 0.3) is 0 Å². The maximum atomic E-state index is 15.8. The first-order valence-electron chi connectivity index (χ1n) is 39.2. The molecule has 3 unspecified atom stereocenters. The van der Waals surface area contributed by atoms with Gasteiger partial charge in [-0.25, -0.2) is 0 Å². The van der Waals surface area contributed by atoms with E-state index >= 15 is 28.8 Å². The van der Waals surface area contributed by atoms with Crippen LogP contribution in [0.15, 0.2) is 12.2 Å². The highest BCUT2D eigenvalue weighted by Gasteiger charge is 2.59. The van der Waals surface area contributed by atoms with Gasteiger partial charge >= 0.3 is 12.4 Å². The molecular formula is C77H122F6N12O14. The Kier molecular flexibility index (Phi) is 31.0. The highest BCUT2D eigenvalue weighted by molar-refractivity contribution is 6.01. The third-order valence-corrected chi connectivity index (χ3v) is 24.8. The van der Waals surface area contributed by atoms with E-state index in [-0.39, 0.29) is 135 Å². The summed E-state index contributed by atoms with van der Waals surface area (Å²) in [6.07, 6.45) is -5.28. The summed E-state index contributed by atoms with van der Waals surface area (Å²) in [5.74, 6) is -14.5. The second-order valence-corrected chi connectivity index (χ2v) is 33.3. The third-order valence-electron chi connectivity index (χ3n) is 24.8. The number of nitrogens with one attached hydrogen (secondary N) is 3. The molecule has 12 amide bonds. The van der Waals surface area contributed by atoms with Crippen molar-refractivity contribution < 1.29 is 93.4 Å². The first-order valence-corrected chi connectivity index (χ1v) is 39.2. The lowest BCUT2D eigenvalue weighted by Crippen LogP contribution is -2.71. The van der Waals surface area contributed by atoms with E-state index < -0.39 is 204 Å². The third kappa shape index (κ3) is 21.8. The fraction of sp³-hybridized carbons (Fsp3) is 0.818. The van der Waals surface area contributed by atoms with Gasteiger partial charge in [-0.1, -0.05) is 66.0 Å². The van der Waals surface area contributed by atoms with E-state index in [0.717, 1.165) is 19.6 Å². The molecule has 109 heavy (non-hydrogen) atoms. The summed E-state index contributed by atoms with van der Waals surface area (Å²) in [5.41, 5.74) is -2.21. The molecule has 6 fully saturated rings. The molecule has 0 radical (unpaired) electrons. The smallest absolute Gasteiger partial charge is 0.385 e. The Labute approximate surface area is 638 Å². The van der Waals surface area contributed by atoms with Crippen molar-refractivity contribution in [2.24, 2.45) is 46.8 Å². The van der Waals surface area contributed by atoms with Crippen LogP contribution in [0.25, 0.3) is 0 Å². The van der Waals surface area contributed by atoms with Crippen LogP contribution in [0, 0.1) is 46.8 Å². The predicted molar refractivity (Wildman–Crippen MR) is 391 cm³/mol. The van der Waals surface area contributed by atoms with E-state index in [2.05, 4.69) is 16.0 Å². The van der Waals surface area contributed by atoms with Crippen LogP contribution in [0.1, 0.15) is 183 Å². The second kappa shape index (κ2) is 37.9. The van der Waals surface area contributed by atoms with Crippen LogP contribution in [0.3, 0.4) is 0 Å². The fourth-order valence-corrected chi connectivity index (χ4v) is 18.0. The molecule has 3 N–H and O–H groups in total. The zero-order valence-corrected chi connectivity index (χ0v) is 66.7. The molecule has 0 aromatic heterocycles. The van der Waals surface area contributed by atoms with Gasteiger partial charge in [-0.15, -0.1) is 0 Å². The van der Waals surface area contributed by atoms with E-state index in [1.165, 1.54) is 88.1 Å². The van der Waals surface area contributed by atoms with Gasteiger partial charge in [0.2, 0.25) is 70.9 Å². The summed E-state index contributed by atoms with van der Waals surface area (Å²) in [4.78, 5) is 193. The number of amides is 12. The van der Waals surface area contributed by atoms with Crippen molar-refractivity contribution in [3.05, 3.63) is 12.2 Å². The van der Waals surface area contributed by atoms with Crippen LogP contribution in [-0.4, -0.2) is 290 Å². The SMILES string of the molecule is CC[C@H](C)[C@@H]1NC(=O)[C@H](CCOC)N(C)C(=O)C[C@@H](C(=O)N(C)CC)N(C)C(=O)[C@H](C2CCCC2)N(C)C(=O)C2(CC(C)(C)C2)NC(=O)[C@@H]2C[C@H](C)CN2C(=O)[C@H](CCC2CCC(C(F)(F)F)C(OC)C2)NC(=O)CN(C)C(=O)[C@H](CC2CCC(C(F)(F)F)CC2)N2CC/C=C\C[C@@H](C2=O)N(C)C(=O)CN(C)C1=O. The lowest BCUT2D eigenvalue weighted by Gasteiger charge is -2.54. The number of fused-ring (bicyclic) bond motifs is 3. The summed E-state index contributed by atoms with van der Waals surface area (Å²) in [7, 11) is 12.3.